The molecule has 0 saturated heterocycles. The molecule has 2 heterocycles. The second-order valence-electron chi connectivity index (χ2n) is 5.98. The van der Waals surface area contributed by atoms with Gasteiger partial charge in [0.05, 0.1) is 21.7 Å². The van der Waals surface area contributed by atoms with Gasteiger partial charge in [0.15, 0.2) is 0 Å². The molecule has 0 amide bonds. The third kappa shape index (κ3) is 3.25. The van der Waals surface area contributed by atoms with Gasteiger partial charge in [0.25, 0.3) is 5.56 Å². The van der Waals surface area contributed by atoms with Gasteiger partial charge in [-0.05, 0) is 43.0 Å². The smallest absolute Gasteiger partial charge is 0.309 e. The fraction of sp³-hybridized carbons (Fsp3) is 0.294. The van der Waals surface area contributed by atoms with Gasteiger partial charge >= 0.3 is 6.18 Å². The van der Waals surface area contributed by atoms with Crippen LogP contribution in [-0.4, -0.2) is 9.97 Å². The van der Waals surface area contributed by atoms with Crippen LogP contribution in [0.1, 0.15) is 28.2 Å². The summed E-state index contributed by atoms with van der Waals surface area (Å²) >= 11 is 8.34. The molecule has 26 heavy (non-hydrogen) atoms. The Balaban J connectivity index is 1.60. The van der Waals surface area contributed by atoms with Crippen molar-refractivity contribution in [1.82, 2.24) is 9.97 Å². The molecule has 1 aromatic carbocycles. The second-order valence-corrected chi connectivity index (χ2v) is 8.52. The van der Waals surface area contributed by atoms with Crippen LogP contribution in [0.25, 0.3) is 10.2 Å². The van der Waals surface area contributed by atoms with E-state index in [0.29, 0.717) is 20.9 Å². The van der Waals surface area contributed by atoms with Gasteiger partial charge in [-0.1, -0.05) is 11.6 Å². The van der Waals surface area contributed by atoms with Gasteiger partial charge in [-0.3, -0.25) is 4.79 Å². The van der Waals surface area contributed by atoms with Crippen molar-refractivity contribution in [1.29, 1.82) is 0 Å². The van der Waals surface area contributed by atoms with Gasteiger partial charge in [-0.2, -0.15) is 13.2 Å². The topological polar surface area (TPSA) is 45.8 Å². The van der Waals surface area contributed by atoms with E-state index < -0.39 is 11.7 Å². The zero-order valence-electron chi connectivity index (χ0n) is 13.2. The zero-order valence-corrected chi connectivity index (χ0v) is 15.6. The van der Waals surface area contributed by atoms with Gasteiger partial charge in [0.2, 0.25) is 0 Å². The van der Waals surface area contributed by atoms with E-state index in [-0.39, 0.29) is 16.3 Å². The van der Waals surface area contributed by atoms with Gasteiger partial charge in [0.1, 0.15) is 10.7 Å². The average Bonchev–Trinajstić information content (AvgIpc) is 3.13. The largest absolute Gasteiger partial charge is 0.417 e. The van der Waals surface area contributed by atoms with Gasteiger partial charge < -0.3 is 4.98 Å². The first-order valence-electron chi connectivity index (χ1n) is 7.86. The van der Waals surface area contributed by atoms with E-state index in [1.165, 1.54) is 40.1 Å². The quantitative estimate of drug-likeness (QED) is 0.578. The summed E-state index contributed by atoms with van der Waals surface area (Å²) < 4.78 is 38.8. The number of alkyl halides is 3. The predicted molar refractivity (Wildman–Crippen MR) is 98.3 cm³/mol. The van der Waals surface area contributed by atoms with Crippen molar-refractivity contribution in [2.75, 3.05) is 0 Å². The van der Waals surface area contributed by atoms with Crippen LogP contribution in [0.3, 0.4) is 0 Å². The zero-order chi connectivity index (χ0) is 18.5. The summed E-state index contributed by atoms with van der Waals surface area (Å²) in [5.41, 5.74) is 0.0679. The maximum Gasteiger partial charge on any atom is 0.417 e. The van der Waals surface area contributed by atoms with Gasteiger partial charge in [-0.15, -0.1) is 23.1 Å². The Morgan fingerprint density at radius 1 is 1.31 bits per heavy atom. The number of rotatable bonds is 3. The van der Waals surface area contributed by atoms with Crippen molar-refractivity contribution in [2.45, 2.75) is 36.1 Å². The van der Waals surface area contributed by atoms with Crippen molar-refractivity contribution in [3.8, 4) is 0 Å². The third-order valence-electron chi connectivity index (χ3n) is 4.24. The first kappa shape index (κ1) is 17.9. The van der Waals surface area contributed by atoms with Crippen LogP contribution in [0.2, 0.25) is 5.02 Å². The highest BCUT2D eigenvalue weighted by atomic mass is 35.5. The number of thioether (sulfide) groups is 1. The molecule has 3 aromatic rings. The average molecular weight is 417 g/mol. The van der Waals surface area contributed by atoms with E-state index in [1.807, 2.05) is 0 Å². The molecule has 2 aromatic heterocycles. The first-order valence-corrected chi connectivity index (χ1v) is 10.0. The number of thiophene rings is 1. The molecule has 0 bridgehead atoms. The summed E-state index contributed by atoms with van der Waals surface area (Å²) in [5, 5.41) is 0.338. The van der Waals surface area contributed by atoms with Crippen molar-refractivity contribution in [3.05, 3.63) is 55.4 Å². The normalized spacial score (nSPS) is 14.2. The second kappa shape index (κ2) is 6.58. The van der Waals surface area contributed by atoms with E-state index in [1.54, 1.807) is 0 Å². The molecule has 136 valence electrons. The molecule has 1 N–H and O–H groups in total. The van der Waals surface area contributed by atoms with E-state index >= 15 is 0 Å². The summed E-state index contributed by atoms with van der Waals surface area (Å²) in [6.45, 7) is 0. The Hall–Kier alpha value is -1.51. The number of H-pyrrole nitrogens is 1. The number of fused-ring (bicyclic) bond motifs is 3. The number of aryl methyl sites for hydroxylation is 2. The molecule has 0 atom stereocenters. The SMILES string of the molecule is O=c1[nH]c(CSc2ccc(Cl)c(C(F)(F)F)c2)nc2sc3c(c12)CCC3. The molecule has 0 radical (unpaired) electrons. The molecule has 0 aliphatic heterocycles. The fourth-order valence-electron chi connectivity index (χ4n) is 3.08. The molecule has 0 spiro atoms. The minimum Gasteiger partial charge on any atom is -0.309 e. The van der Waals surface area contributed by atoms with E-state index in [2.05, 4.69) is 9.97 Å². The molecular weight excluding hydrogens is 405 g/mol. The minimum absolute atomic E-state index is 0.169. The molecule has 1 aliphatic carbocycles. The molecule has 0 unspecified atom stereocenters. The Bertz CT molecular complexity index is 1060. The van der Waals surface area contributed by atoms with E-state index in [0.717, 1.165) is 30.9 Å². The Kier molecular flexibility index (Phi) is 4.53. The fourth-order valence-corrected chi connectivity index (χ4v) is 5.39. The maximum atomic E-state index is 12.9. The highest BCUT2D eigenvalue weighted by Gasteiger charge is 2.33. The van der Waals surface area contributed by atoms with Crippen LogP contribution >= 0.6 is 34.7 Å². The van der Waals surface area contributed by atoms with Crippen molar-refractivity contribution in [3.63, 3.8) is 0 Å². The molecule has 4 rings (SSSR count). The third-order valence-corrected chi connectivity index (χ3v) is 6.76. The van der Waals surface area contributed by atoms with Crippen LogP contribution < -0.4 is 5.56 Å². The van der Waals surface area contributed by atoms with Crippen LogP contribution in [0.4, 0.5) is 13.2 Å². The van der Waals surface area contributed by atoms with Crippen LogP contribution in [0.15, 0.2) is 27.9 Å². The van der Waals surface area contributed by atoms with Crippen LogP contribution in [0, 0.1) is 0 Å². The lowest BCUT2D eigenvalue weighted by molar-refractivity contribution is -0.137. The van der Waals surface area contributed by atoms with Gasteiger partial charge in [-0.25, -0.2) is 4.98 Å². The molecule has 0 fully saturated rings. The van der Waals surface area contributed by atoms with Gasteiger partial charge in [0, 0.05) is 9.77 Å². The number of aromatic amines is 1. The number of nitrogens with one attached hydrogen (secondary N) is 1. The maximum absolute atomic E-state index is 12.9. The molecular formula is C17H12ClF3N2OS2. The monoisotopic (exact) mass is 416 g/mol. The minimum atomic E-state index is -4.50. The molecule has 9 heteroatoms. The number of aromatic nitrogens is 2. The molecule has 1 aliphatic rings. The lowest BCUT2D eigenvalue weighted by Gasteiger charge is -2.10. The van der Waals surface area contributed by atoms with E-state index in [4.69, 9.17) is 11.6 Å². The number of halogens is 4. The number of benzene rings is 1. The van der Waals surface area contributed by atoms with Crippen molar-refractivity contribution >= 4 is 44.9 Å². The van der Waals surface area contributed by atoms with Crippen molar-refractivity contribution in [2.24, 2.45) is 0 Å². The first-order chi connectivity index (χ1) is 12.3. The molecule has 0 saturated carbocycles. The summed E-state index contributed by atoms with van der Waals surface area (Å²) in [5.74, 6) is 0.725. The lowest BCUT2D eigenvalue weighted by Crippen LogP contribution is -2.11. The predicted octanol–water partition coefficient (Wildman–Crippen LogP) is 5.44. The Labute approximate surface area is 159 Å². The summed E-state index contributed by atoms with van der Waals surface area (Å²) in [7, 11) is 0. The number of nitrogens with zero attached hydrogens (tertiary/aromatic N) is 1. The molecule has 3 nitrogen and oxygen atoms in total. The lowest BCUT2D eigenvalue weighted by atomic mass is 10.2. The Morgan fingerprint density at radius 3 is 2.88 bits per heavy atom. The highest BCUT2D eigenvalue weighted by molar-refractivity contribution is 7.98. The standard InChI is InChI=1S/C17H12ClF3N2OS2/c18-11-5-4-8(6-10(11)17(19,20)21)25-7-13-22-15(24)14-9-2-1-3-12(9)26-16(14)23-13/h4-6H,1-3,7H2,(H,22,23,24). The Morgan fingerprint density at radius 2 is 2.12 bits per heavy atom. The number of hydrogen-bond acceptors (Lipinski definition) is 4. The summed E-state index contributed by atoms with van der Waals surface area (Å²) in [6, 6.07) is 3.78. The summed E-state index contributed by atoms with van der Waals surface area (Å²) in [6.07, 6.45) is -1.56. The van der Waals surface area contributed by atoms with E-state index in [9.17, 15) is 18.0 Å². The van der Waals surface area contributed by atoms with Crippen LogP contribution in [0.5, 0.6) is 0 Å². The van der Waals surface area contributed by atoms with Crippen molar-refractivity contribution < 1.29 is 13.2 Å². The summed E-state index contributed by atoms with van der Waals surface area (Å²) in [4.78, 5) is 22.0. The number of hydrogen-bond donors (Lipinski definition) is 1. The van der Waals surface area contributed by atoms with Crippen LogP contribution in [-0.2, 0) is 24.8 Å². The highest BCUT2D eigenvalue weighted by Crippen LogP contribution is 2.38.